The molecule has 0 saturated heterocycles. The number of aromatic nitrogens is 1. The van der Waals surface area contributed by atoms with Crippen molar-refractivity contribution in [2.75, 3.05) is 24.2 Å². The lowest BCUT2D eigenvalue weighted by molar-refractivity contribution is -0.133. The molecule has 3 rings (SSSR count). The Bertz CT molecular complexity index is 903. The smallest absolute Gasteiger partial charge is 0.323 e. The van der Waals surface area contributed by atoms with Crippen LogP contribution in [0.25, 0.3) is 0 Å². The number of thioether (sulfide) groups is 1. The van der Waals surface area contributed by atoms with Crippen molar-refractivity contribution < 1.29 is 23.8 Å². The molecule has 2 amide bonds. The SMILES string of the molecule is CC1CCC(N(CCOCc2ccccc2F)C(=O)Nc2ncc(SCC(=O)O)s2)CC1. The van der Waals surface area contributed by atoms with Gasteiger partial charge in [0.2, 0.25) is 0 Å². The average molecular weight is 482 g/mol. The summed E-state index contributed by atoms with van der Waals surface area (Å²) in [6, 6.07) is 6.36. The first-order chi connectivity index (χ1) is 15.4. The summed E-state index contributed by atoms with van der Waals surface area (Å²) in [4.78, 5) is 29.8. The normalized spacial score (nSPS) is 18.3. The lowest BCUT2D eigenvalue weighted by Crippen LogP contribution is -2.46. The number of nitrogens with zero attached hydrogens (tertiary/aromatic N) is 2. The number of benzene rings is 1. The van der Waals surface area contributed by atoms with Gasteiger partial charge >= 0.3 is 12.0 Å². The Balaban J connectivity index is 1.57. The van der Waals surface area contributed by atoms with E-state index in [4.69, 9.17) is 9.84 Å². The molecular weight excluding hydrogens is 453 g/mol. The van der Waals surface area contributed by atoms with E-state index in [0.29, 0.717) is 29.8 Å². The maximum absolute atomic E-state index is 13.8. The molecule has 0 unspecified atom stereocenters. The van der Waals surface area contributed by atoms with E-state index in [-0.39, 0.29) is 30.2 Å². The van der Waals surface area contributed by atoms with E-state index >= 15 is 0 Å². The van der Waals surface area contributed by atoms with Crippen LogP contribution in [0.2, 0.25) is 0 Å². The number of hydrogen-bond acceptors (Lipinski definition) is 6. The third-order valence-corrected chi connectivity index (χ3v) is 7.51. The van der Waals surface area contributed by atoms with Crippen LogP contribution in [0.1, 0.15) is 38.2 Å². The van der Waals surface area contributed by atoms with Crippen LogP contribution in [0.3, 0.4) is 0 Å². The summed E-state index contributed by atoms with van der Waals surface area (Å²) >= 11 is 2.42. The minimum Gasteiger partial charge on any atom is -0.481 e. The number of rotatable bonds is 10. The first-order valence-corrected chi connectivity index (χ1v) is 12.4. The number of carbonyl (C=O) groups is 2. The lowest BCUT2D eigenvalue weighted by atomic mass is 9.86. The molecule has 0 spiro atoms. The highest BCUT2D eigenvalue weighted by Gasteiger charge is 2.28. The van der Waals surface area contributed by atoms with Gasteiger partial charge in [-0.3, -0.25) is 10.1 Å². The molecule has 1 heterocycles. The highest BCUT2D eigenvalue weighted by molar-refractivity contribution is 8.01. The van der Waals surface area contributed by atoms with Crippen molar-refractivity contribution in [1.82, 2.24) is 9.88 Å². The Morgan fingerprint density at radius 2 is 2.06 bits per heavy atom. The number of carbonyl (C=O) groups excluding carboxylic acids is 1. The third kappa shape index (κ3) is 7.46. The maximum Gasteiger partial charge on any atom is 0.323 e. The number of thiazole rings is 1. The first kappa shape index (κ1) is 24.5. The molecule has 1 saturated carbocycles. The number of carboxylic acids is 1. The number of ether oxygens (including phenoxy) is 1. The Hall–Kier alpha value is -2.17. The minimum atomic E-state index is -0.901. The van der Waals surface area contributed by atoms with Crippen molar-refractivity contribution in [2.45, 2.75) is 49.5 Å². The Morgan fingerprint density at radius 1 is 1.31 bits per heavy atom. The highest BCUT2D eigenvalue weighted by atomic mass is 32.2. The monoisotopic (exact) mass is 481 g/mol. The second-order valence-corrected chi connectivity index (χ2v) is 10.2. The van der Waals surface area contributed by atoms with E-state index in [1.54, 1.807) is 29.3 Å². The van der Waals surface area contributed by atoms with Crippen molar-refractivity contribution in [3.8, 4) is 0 Å². The number of anilines is 1. The standard InChI is InChI=1S/C22H28FN3O4S2/c1-15-6-8-17(9-7-15)26(10-11-30-13-16-4-2-3-5-18(16)23)22(29)25-21-24-12-20(32-21)31-14-19(27)28/h2-5,12,15,17H,6-11,13-14H2,1H3,(H,27,28)(H,24,25,29). The van der Waals surface area contributed by atoms with Gasteiger partial charge in [-0.1, -0.05) is 36.5 Å². The lowest BCUT2D eigenvalue weighted by Gasteiger charge is -2.36. The van der Waals surface area contributed by atoms with Gasteiger partial charge in [0.05, 0.1) is 29.4 Å². The second-order valence-electron chi connectivity index (χ2n) is 7.85. The summed E-state index contributed by atoms with van der Waals surface area (Å²) in [6.45, 7) is 3.07. The molecule has 1 fully saturated rings. The van der Waals surface area contributed by atoms with Crippen molar-refractivity contribution in [3.63, 3.8) is 0 Å². The van der Waals surface area contributed by atoms with Crippen molar-refractivity contribution in [3.05, 3.63) is 41.8 Å². The third-order valence-electron chi connectivity index (χ3n) is 5.42. The fourth-order valence-corrected chi connectivity index (χ4v) is 5.23. The number of carboxylic acid groups (broad SMARTS) is 1. The predicted molar refractivity (Wildman–Crippen MR) is 124 cm³/mol. The fourth-order valence-electron chi connectivity index (χ4n) is 3.64. The zero-order valence-corrected chi connectivity index (χ0v) is 19.6. The molecule has 0 radical (unpaired) electrons. The Morgan fingerprint density at radius 3 is 2.78 bits per heavy atom. The summed E-state index contributed by atoms with van der Waals surface area (Å²) in [5.41, 5.74) is 0.490. The van der Waals surface area contributed by atoms with E-state index in [9.17, 15) is 14.0 Å². The molecule has 32 heavy (non-hydrogen) atoms. The largest absolute Gasteiger partial charge is 0.481 e. The Kier molecular flexibility index (Phi) is 9.31. The zero-order valence-electron chi connectivity index (χ0n) is 18.0. The van der Waals surface area contributed by atoms with Crippen LogP contribution in [0, 0.1) is 11.7 Å². The van der Waals surface area contributed by atoms with E-state index in [1.807, 2.05) is 0 Å². The molecular formula is C22H28FN3O4S2. The molecule has 174 valence electrons. The van der Waals surface area contributed by atoms with E-state index < -0.39 is 5.97 Å². The number of nitrogens with one attached hydrogen (secondary N) is 1. The van der Waals surface area contributed by atoms with Crippen LogP contribution < -0.4 is 5.32 Å². The van der Waals surface area contributed by atoms with Crippen molar-refractivity contribution in [1.29, 1.82) is 0 Å². The average Bonchev–Trinajstić information content (AvgIpc) is 3.21. The number of aliphatic carboxylic acids is 1. The molecule has 1 aromatic heterocycles. The summed E-state index contributed by atoms with van der Waals surface area (Å²) in [5, 5.41) is 12.1. The van der Waals surface area contributed by atoms with Gasteiger partial charge in [-0.2, -0.15) is 0 Å². The van der Waals surface area contributed by atoms with Gasteiger partial charge in [0.25, 0.3) is 0 Å². The zero-order chi connectivity index (χ0) is 22.9. The number of amides is 2. The summed E-state index contributed by atoms with van der Waals surface area (Å²) in [5.74, 6) is -0.603. The predicted octanol–water partition coefficient (Wildman–Crippen LogP) is 5.09. The van der Waals surface area contributed by atoms with Crippen molar-refractivity contribution in [2.24, 2.45) is 5.92 Å². The van der Waals surface area contributed by atoms with Gasteiger partial charge in [0, 0.05) is 18.2 Å². The molecule has 0 atom stereocenters. The summed E-state index contributed by atoms with van der Waals surface area (Å²) < 4.78 is 20.2. The number of halogens is 1. The topological polar surface area (TPSA) is 91.8 Å². The van der Waals surface area contributed by atoms with Gasteiger partial charge in [-0.25, -0.2) is 14.2 Å². The number of hydrogen-bond donors (Lipinski definition) is 2. The second kappa shape index (κ2) is 12.2. The number of urea groups is 1. The molecule has 2 N–H and O–H groups in total. The molecule has 1 aliphatic carbocycles. The van der Waals surface area contributed by atoms with Gasteiger partial charge in [0.15, 0.2) is 5.13 Å². The molecule has 2 aromatic rings. The summed E-state index contributed by atoms with van der Waals surface area (Å²) in [7, 11) is 0. The minimum absolute atomic E-state index is 0.0543. The van der Waals surface area contributed by atoms with Gasteiger partial charge < -0.3 is 14.7 Å². The fraction of sp³-hybridized carbons (Fsp3) is 0.500. The van der Waals surface area contributed by atoms with E-state index in [1.165, 1.54) is 29.2 Å². The van der Waals surface area contributed by atoms with Crippen molar-refractivity contribution >= 4 is 40.2 Å². The summed E-state index contributed by atoms with van der Waals surface area (Å²) in [6.07, 6.45) is 5.56. The molecule has 1 aromatic carbocycles. The van der Waals surface area contributed by atoms with E-state index in [2.05, 4.69) is 17.2 Å². The first-order valence-electron chi connectivity index (χ1n) is 10.6. The molecule has 1 aliphatic rings. The molecule has 10 heteroatoms. The van der Waals surface area contributed by atoms with Crippen LogP contribution in [-0.4, -0.2) is 51.9 Å². The van der Waals surface area contributed by atoms with Crippen LogP contribution in [0.4, 0.5) is 14.3 Å². The molecule has 0 bridgehead atoms. The molecule has 0 aliphatic heterocycles. The van der Waals surface area contributed by atoms with Gasteiger partial charge in [-0.05, 0) is 37.7 Å². The van der Waals surface area contributed by atoms with Crippen LogP contribution in [0.15, 0.2) is 34.7 Å². The van der Waals surface area contributed by atoms with Crippen LogP contribution in [-0.2, 0) is 16.1 Å². The molecule has 7 nitrogen and oxygen atoms in total. The van der Waals surface area contributed by atoms with Crippen LogP contribution >= 0.6 is 23.1 Å². The quantitative estimate of drug-likeness (QED) is 0.363. The highest BCUT2D eigenvalue weighted by Crippen LogP contribution is 2.30. The maximum atomic E-state index is 13.8. The Labute approximate surface area is 195 Å². The van der Waals surface area contributed by atoms with Gasteiger partial charge in [-0.15, -0.1) is 11.8 Å². The van der Waals surface area contributed by atoms with E-state index in [0.717, 1.165) is 29.9 Å². The van der Waals surface area contributed by atoms with Crippen LogP contribution in [0.5, 0.6) is 0 Å². The van der Waals surface area contributed by atoms with Gasteiger partial charge in [0.1, 0.15) is 5.82 Å².